The van der Waals surface area contributed by atoms with Gasteiger partial charge >= 0.3 is 5.97 Å². The minimum Gasteiger partial charge on any atom is -0.481 e. The molecular formula is C5H10O2S. The molecule has 0 fully saturated rings. The smallest absolute Gasteiger partial charge is 0.304 e. The van der Waals surface area contributed by atoms with E-state index in [0.29, 0.717) is 0 Å². The van der Waals surface area contributed by atoms with E-state index in [9.17, 15) is 4.79 Å². The number of aliphatic carboxylic acids is 1. The van der Waals surface area contributed by atoms with Crippen LogP contribution in [0.4, 0.5) is 0 Å². The van der Waals surface area contributed by atoms with Crippen molar-refractivity contribution < 1.29 is 9.90 Å². The van der Waals surface area contributed by atoms with Crippen molar-refractivity contribution in [3.05, 3.63) is 0 Å². The van der Waals surface area contributed by atoms with Gasteiger partial charge in [-0.2, -0.15) is 11.8 Å². The lowest BCUT2D eigenvalue weighted by molar-refractivity contribution is -0.136. The molecule has 0 unspecified atom stereocenters. The van der Waals surface area contributed by atoms with Crippen LogP contribution in [0.25, 0.3) is 0 Å². The summed E-state index contributed by atoms with van der Waals surface area (Å²) in [5.74, 6) is -0.716. The van der Waals surface area contributed by atoms with Crippen molar-refractivity contribution in [1.29, 1.82) is 0 Å². The summed E-state index contributed by atoms with van der Waals surface area (Å²) in [6.07, 6.45) is 2.18. The first-order chi connectivity index (χ1) is 3.66. The molecule has 0 aliphatic rings. The van der Waals surface area contributed by atoms with Crippen molar-refractivity contribution in [2.45, 2.75) is 18.6 Å². The Bertz CT molecular complexity index is 82.5. The average molecular weight is 134 g/mol. The van der Waals surface area contributed by atoms with Crippen LogP contribution in [0.3, 0.4) is 0 Å². The van der Waals surface area contributed by atoms with Gasteiger partial charge in [-0.25, -0.2) is 0 Å². The molecule has 0 saturated heterocycles. The quantitative estimate of drug-likeness (QED) is 0.630. The minimum atomic E-state index is -0.716. The molecule has 0 aromatic carbocycles. The maximum absolute atomic E-state index is 9.96. The van der Waals surface area contributed by atoms with Gasteiger partial charge < -0.3 is 5.11 Å². The van der Waals surface area contributed by atoms with Crippen LogP contribution >= 0.6 is 11.8 Å². The predicted molar refractivity (Wildman–Crippen MR) is 35.2 cm³/mol. The van der Waals surface area contributed by atoms with E-state index in [0.717, 1.165) is 0 Å². The Labute approximate surface area is 53.3 Å². The number of carbonyl (C=O) groups is 1. The topological polar surface area (TPSA) is 37.3 Å². The largest absolute Gasteiger partial charge is 0.481 e. The molecule has 2 nitrogen and oxygen atoms in total. The fourth-order valence-corrected chi connectivity index (χ4v) is 0.638. The van der Waals surface area contributed by atoms with Gasteiger partial charge in [0.15, 0.2) is 0 Å². The fourth-order valence-electron chi connectivity index (χ4n) is 0.329. The summed E-state index contributed by atoms with van der Waals surface area (Å²) in [4.78, 5) is 9.96. The molecule has 0 saturated carbocycles. The second-order valence-electron chi connectivity index (χ2n) is 1.64. The highest BCUT2D eigenvalue weighted by Gasteiger charge is 2.03. The van der Waals surface area contributed by atoms with Crippen molar-refractivity contribution in [3.63, 3.8) is 0 Å². The first-order valence-electron chi connectivity index (χ1n) is 2.41. The van der Waals surface area contributed by atoms with Crippen molar-refractivity contribution >= 4 is 17.7 Å². The van der Waals surface area contributed by atoms with Crippen LogP contribution in [0.5, 0.6) is 0 Å². The van der Waals surface area contributed by atoms with E-state index in [1.54, 1.807) is 11.8 Å². The zero-order chi connectivity index (χ0) is 6.57. The summed E-state index contributed by atoms with van der Waals surface area (Å²) in [7, 11) is 0. The van der Waals surface area contributed by atoms with Gasteiger partial charge in [-0.05, 0) is 6.26 Å². The lowest BCUT2D eigenvalue weighted by Crippen LogP contribution is -2.04. The van der Waals surface area contributed by atoms with Crippen LogP contribution in [-0.2, 0) is 4.79 Å². The second kappa shape index (κ2) is 3.78. The summed E-state index contributed by atoms with van der Waals surface area (Å²) in [6, 6.07) is 0. The fraction of sp³-hybridized carbons (Fsp3) is 0.800. The molecule has 0 rings (SSSR count). The van der Waals surface area contributed by atoms with Crippen LogP contribution < -0.4 is 0 Å². The van der Waals surface area contributed by atoms with Gasteiger partial charge in [-0.15, -0.1) is 0 Å². The lowest BCUT2D eigenvalue weighted by atomic mass is 10.3. The Morgan fingerprint density at radius 2 is 2.38 bits per heavy atom. The summed E-state index contributed by atoms with van der Waals surface area (Å²) in [5, 5.41) is 8.44. The van der Waals surface area contributed by atoms with Crippen molar-refractivity contribution in [3.8, 4) is 0 Å². The van der Waals surface area contributed by atoms with Crippen LogP contribution in [0.15, 0.2) is 0 Å². The predicted octanol–water partition coefficient (Wildman–Crippen LogP) is 1.21. The standard InChI is InChI=1S/C5H10O2S/c1-4(8-2)3-5(6)7/h4H,3H2,1-2H3,(H,6,7)/t4-/m1/s1. The van der Waals surface area contributed by atoms with Crippen LogP contribution in [0, 0.1) is 0 Å². The molecule has 0 aliphatic carbocycles. The number of thioether (sulfide) groups is 1. The first kappa shape index (κ1) is 7.82. The van der Waals surface area contributed by atoms with Gasteiger partial charge in [0, 0.05) is 5.25 Å². The normalized spacial score (nSPS) is 13.2. The monoisotopic (exact) mass is 134 g/mol. The van der Waals surface area contributed by atoms with E-state index in [2.05, 4.69) is 0 Å². The maximum atomic E-state index is 9.96. The molecule has 1 N–H and O–H groups in total. The highest BCUT2D eigenvalue weighted by molar-refractivity contribution is 7.99. The SMILES string of the molecule is CS[C@H](C)CC(=O)O. The molecular weight excluding hydrogens is 124 g/mol. The first-order valence-corrected chi connectivity index (χ1v) is 3.70. The van der Waals surface area contributed by atoms with Gasteiger partial charge in [-0.1, -0.05) is 6.92 Å². The molecule has 0 amide bonds. The number of carboxylic acids is 1. The third kappa shape index (κ3) is 3.99. The van der Waals surface area contributed by atoms with Crippen LogP contribution in [0.2, 0.25) is 0 Å². The molecule has 0 aromatic heterocycles. The van der Waals surface area contributed by atoms with E-state index >= 15 is 0 Å². The maximum Gasteiger partial charge on any atom is 0.304 e. The Morgan fingerprint density at radius 1 is 1.88 bits per heavy atom. The number of hydrogen-bond donors (Lipinski definition) is 1. The van der Waals surface area contributed by atoms with E-state index in [1.807, 2.05) is 13.2 Å². The third-order valence-electron chi connectivity index (χ3n) is 0.864. The van der Waals surface area contributed by atoms with Crippen LogP contribution in [0.1, 0.15) is 13.3 Å². The lowest BCUT2D eigenvalue weighted by Gasteiger charge is -2.00. The molecule has 3 heteroatoms. The number of rotatable bonds is 3. The van der Waals surface area contributed by atoms with E-state index in [4.69, 9.17) is 5.11 Å². The van der Waals surface area contributed by atoms with Gasteiger partial charge in [0.05, 0.1) is 6.42 Å². The molecule has 1 atom stereocenters. The van der Waals surface area contributed by atoms with Gasteiger partial charge in [0.2, 0.25) is 0 Å². The number of hydrogen-bond acceptors (Lipinski definition) is 2. The summed E-state index contributed by atoms with van der Waals surface area (Å²) < 4.78 is 0. The van der Waals surface area contributed by atoms with Crippen molar-refractivity contribution in [2.24, 2.45) is 0 Å². The van der Waals surface area contributed by atoms with E-state index < -0.39 is 5.97 Å². The summed E-state index contributed by atoms with van der Waals surface area (Å²) >= 11 is 1.57. The Morgan fingerprint density at radius 3 is 2.50 bits per heavy atom. The highest BCUT2D eigenvalue weighted by atomic mass is 32.2. The molecule has 0 aromatic rings. The molecule has 0 spiro atoms. The van der Waals surface area contributed by atoms with Crippen LogP contribution in [-0.4, -0.2) is 22.6 Å². The molecule has 8 heavy (non-hydrogen) atoms. The zero-order valence-corrected chi connectivity index (χ0v) is 5.86. The van der Waals surface area contributed by atoms with Crippen molar-refractivity contribution in [2.75, 3.05) is 6.26 Å². The van der Waals surface area contributed by atoms with Gasteiger partial charge in [-0.3, -0.25) is 4.79 Å². The average Bonchev–Trinajstić information content (AvgIpc) is 1.65. The Hall–Kier alpha value is -0.180. The van der Waals surface area contributed by atoms with E-state index in [-0.39, 0.29) is 11.7 Å². The zero-order valence-electron chi connectivity index (χ0n) is 5.05. The molecule has 0 bridgehead atoms. The summed E-state index contributed by atoms with van der Waals surface area (Å²) in [6.45, 7) is 1.90. The van der Waals surface area contributed by atoms with Gasteiger partial charge in [0.25, 0.3) is 0 Å². The Balaban J connectivity index is 3.24. The number of carboxylic acid groups (broad SMARTS) is 1. The molecule has 0 radical (unpaired) electrons. The molecule has 0 aliphatic heterocycles. The highest BCUT2D eigenvalue weighted by Crippen LogP contribution is 2.08. The third-order valence-corrected chi connectivity index (χ3v) is 1.84. The summed E-state index contributed by atoms with van der Waals surface area (Å²) in [5.41, 5.74) is 0. The Kier molecular flexibility index (Phi) is 3.69. The molecule has 0 heterocycles. The minimum absolute atomic E-state index is 0.243. The second-order valence-corrected chi connectivity index (χ2v) is 2.92. The van der Waals surface area contributed by atoms with Gasteiger partial charge in [0.1, 0.15) is 0 Å². The van der Waals surface area contributed by atoms with Crippen molar-refractivity contribution in [1.82, 2.24) is 0 Å². The van der Waals surface area contributed by atoms with E-state index in [1.165, 1.54) is 0 Å². The molecule has 48 valence electrons.